The standard InChI is InChI=1S/C12H19F3N2O/c13-12(14,15)10(8-16)9-17-6-7-18-11-4-2-1-3-5-11/h10-11,17H,1-7,9H2. The van der Waals surface area contributed by atoms with E-state index in [9.17, 15) is 13.2 Å². The summed E-state index contributed by atoms with van der Waals surface area (Å²) in [7, 11) is 0. The van der Waals surface area contributed by atoms with Crippen molar-refractivity contribution in [3.8, 4) is 6.07 Å². The Hall–Kier alpha value is -0.800. The van der Waals surface area contributed by atoms with E-state index in [4.69, 9.17) is 10.00 Å². The molecule has 0 heterocycles. The third-order valence-electron chi connectivity index (χ3n) is 3.08. The van der Waals surface area contributed by atoms with Crippen molar-refractivity contribution >= 4 is 0 Å². The second-order valence-electron chi connectivity index (χ2n) is 4.56. The minimum atomic E-state index is -4.45. The highest BCUT2D eigenvalue weighted by molar-refractivity contribution is 4.89. The summed E-state index contributed by atoms with van der Waals surface area (Å²) in [5.41, 5.74) is 0. The molecule has 0 radical (unpaired) electrons. The largest absolute Gasteiger partial charge is 0.405 e. The SMILES string of the molecule is N#CC(CNCCOC1CCCCC1)C(F)(F)F. The van der Waals surface area contributed by atoms with Gasteiger partial charge in [0.15, 0.2) is 5.92 Å². The summed E-state index contributed by atoms with van der Waals surface area (Å²) < 4.78 is 42.2. The first-order valence-electron chi connectivity index (χ1n) is 6.32. The first kappa shape index (κ1) is 15.3. The Labute approximate surface area is 105 Å². The smallest absolute Gasteiger partial charge is 0.377 e. The predicted octanol–water partition coefficient (Wildman–Crippen LogP) is 2.63. The lowest BCUT2D eigenvalue weighted by Crippen LogP contribution is -2.34. The van der Waals surface area contributed by atoms with Crippen molar-refractivity contribution in [1.82, 2.24) is 5.32 Å². The Morgan fingerprint density at radius 3 is 2.50 bits per heavy atom. The maximum atomic E-state index is 12.2. The second kappa shape index (κ2) is 7.59. The van der Waals surface area contributed by atoms with Crippen LogP contribution in [-0.2, 0) is 4.74 Å². The third-order valence-corrected chi connectivity index (χ3v) is 3.08. The maximum Gasteiger partial charge on any atom is 0.405 e. The number of rotatable bonds is 6. The van der Waals surface area contributed by atoms with E-state index in [-0.39, 0.29) is 12.6 Å². The van der Waals surface area contributed by atoms with Gasteiger partial charge < -0.3 is 10.1 Å². The molecule has 1 atom stereocenters. The summed E-state index contributed by atoms with van der Waals surface area (Å²) in [6.45, 7) is 0.388. The van der Waals surface area contributed by atoms with Crippen LogP contribution in [0.5, 0.6) is 0 Å². The molecule has 0 amide bonds. The maximum absolute atomic E-state index is 12.2. The van der Waals surface area contributed by atoms with Crippen molar-refractivity contribution in [3.05, 3.63) is 0 Å². The van der Waals surface area contributed by atoms with Gasteiger partial charge >= 0.3 is 6.18 Å². The van der Waals surface area contributed by atoms with Crippen molar-refractivity contribution < 1.29 is 17.9 Å². The van der Waals surface area contributed by atoms with Gasteiger partial charge in [0.2, 0.25) is 0 Å². The molecule has 104 valence electrons. The van der Waals surface area contributed by atoms with Gasteiger partial charge in [0.1, 0.15) is 0 Å². The number of halogens is 3. The molecule has 0 aliphatic heterocycles. The van der Waals surface area contributed by atoms with E-state index in [0.717, 1.165) is 12.8 Å². The molecule has 1 fully saturated rings. The van der Waals surface area contributed by atoms with Crippen LogP contribution < -0.4 is 5.32 Å². The Morgan fingerprint density at radius 2 is 1.94 bits per heavy atom. The van der Waals surface area contributed by atoms with Crippen molar-refractivity contribution in [2.75, 3.05) is 19.7 Å². The lowest BCUT2D eigenvalue weighted by atomic mass is 9.98. The fourth-order valence-corrected chi connectivity index (χ4v) is 2.01. The van der Waals surface area contributed by atoms with Crippen LogP contribution in [0, 0.1) is 17.2 Å². The molecule has 0 aromatic carbocycles. The fraction of sp³-hybridized carbons (Fsp3) is 0.917. The Kier molecular flexibility index (Phi) is 6.44. The van der Waals surface area contributed by atoms with E-state index in [2.05, 4.69) is 5.32 Å². The highest BCUT2D eigenvalue weighted by Gasteiger charge is 2.39. The van der Waals surface area contributed by atoms with Crippen molar-refractivity contribution in [3.63, 3.8) is 0 Å². The molecule has 0 saturated heterocycles. The molecular formula is C12H19F3N2O. The molecule has 1 N–H and O–H groups in total. The summed E-state index contributed by atoms with van der Waals surface area (Å²) in [5, 5.41) is 11.0. The Bertz CT molecular complexity index is 269. The first-order chi connectivity index (χ1) is 8.54. The lowest BCUT2D eigenvalue weighted by molar-refractivity contribution is -0.157. The summed E-state index contributed by atoms with van der Waals surface area (Å²) in [6.07, 6.45) is 1.48. The zero-order valence-electron chi connectivity index (χ0n) is 10.3. The van der Waals surface area contributed by atoms with Gasteiger partial charge in [-0.15, -0.1) is 0 Å². The molecule has 0 spiro atoms. The number of alkyl halides is 3. The molecule has 1 aliphatic carbocycles. The molecule has 0 bridgehead atoms. The first-order valence-corrected chi connectivity index (χ1v) is 6.32. The third kappa shape index (κ3) is 5.69. The van der Waals surface area contributed by atoms with E-state index in [0.29, 0.717) is 13.2 Å². The highest BCUT2D eigenvalue weighted by atomic mass is 19.4. The number of ether oxygens (including phenoxy) is 1. The number of hydrogen-bond acceptors (Lipinski definition) is 3. The van der Waals surface area contributed by atoms with Crippen LogP contribution in [0.4, 0.5) is 13.2 Å². The van der Waals surface area contributed by atoms with Gasteiger partial charge in [0.25, 0.3) is 0 Å². The number of nitriles is 1. The molecule has 1 aliphatic rings. The van der Waals surface area contributed by atoms with Gasteiger partial charge in [-0.2, -0.15) is 18.4 Å². The van der Waals surface area contributed by atoms with Gasteiger partial charge in [-0.3, -0.25) is 0 Å². The molecule has 1 rings (SSSR count). The molecule has 0 aromatic rings. The van der Waals surface area contributed by atoms with Crippen LogP contribution in [0.15, 0.2) is 0 Å². The highest BCUT2D eigenvalue weighted by Crippen LogP contribution is 2.24. The molecule has 0 aromatic heterocycles. The van der Waals surface area contributed by atoms with Gasteiger partial charge in [0, 0.05) is 13.1 Å². The molecule has 3 nitrogen and oxygen atoms in total. The monoisotopic (exact) mass is 264 g/mol. The Balaban J connectivity index is 2.06. The van der Waals surface area contributed by atoms with Gasteiger partial charge in [-0.25, -0.2) is 0 Å². The quantitative estimate of drug-likeness (QED) is 0.750. The molecule has 6 heteroatoms. The van der Waals surface area contributed by atoms with Crippen LogP contribution in [-0.4, -0.2) is 32.0 Å². The fourth-order valence-electron chi connectivity index (χ4n) is 2.01. The summed E-state index contributed by atoms with van der Waals surface area (Å²) in [4.78, 5) is 0. The zero-order chi connectivity index (χ0) is 13.4. The van der Waals surface area contributed by atoms with E-state index in [1.165, 1.54) is 25.3 Å². The second-order valence-corrected chi connectivity index (χ2v) is 4.56. The molecule has 1 unspecified atom stereocenters. The number of nitrogens with one attached hydrogen (secondary N) is 1. The topological polar surface area (TPSA) is 45.0 Å². The van der Waals surface area contributed by atoms with Crippen LogP contribution in [0.3, 0.4) is 0 Å². The summed E-state index contributed by atoms with van der Waals surface area (Å²) in [5.74, 6) is -1.94. The average Bonchev–Trinajstić information content (AvgIpc) is 2.33. The van der Waals surface area contributed by atoms with E-state index in [1.807, 2.05) is 0 Å². The van der Waals surface area contributed by atoms with Crippen molar-refractivity contribution in [1.29, 1.82) is 5.26 Å². The van der Waals surface area contributed by atoms with E-state index in [1.54, 1.807) is 0 Å². The zero-order valence-corrected chi connectivity index (χ0v) is 10.3. The normalized spacial score (nSPS) is 19.4. The minimum Gasteiger partial charge on any atom is -0.377 e. The Morgan fingerprint density at radius 1 is 1.28 bits per heavy atom. The molecule has 18 heavy (non-hydrogen) atoms. The summed E-state index contributed by atoms with van der Waals surface area (Å²) >= 11 is 0. The predicted molar refractivity (Wildman–Crippen MR) is 60.9 cm³/mol. The van der Waals surface area contributed by atoms with Gasteiger partial charge in [0.05, 0.1) is 18.8 Å². The number of hydrogen-bond donors (Lipinski definition) is 1. The van der Waals surface area contributed by atoms with E-state index >= 15 is 0 Å². The van der Waals surface area contributed by atoms with Gasteiger partial charge in [-0.1, -0.05) is 19.3 Å². The molecular weight excluding hydrogens is 245 g/mol. The van der Waals surface area contributed by atoms with Crippen LogP contribution in [0.1, 0.15) is 32.1 Å². The van der Waals surface area contributed by atoms with Crippen LogP contribution in [0.25, 0.3) is 0 Å². The van der Waals surface area contributed by atoms with Crippen LogP contribution in [0.2, 0.25) is 0 Å². The van der Waals surface area contributed by atoms with E-state index < -0.39 is 12.1 Å². The van der Waals surface area contributed by atoms with Crippen molar-refractivity contribution in [2.24, 2.45) is 5.92 Å². The number of nitrogens with zero attached hydrogens (tertiary/aromatic N) is 1. The minimum absolute atomic E-state index is 0.259. The summed E-state index contributed by atoms with van der Waals surface area (Å²) in [6, 6.07) is 1.25. The average molecular weight is 264 g/mol. The lowest BCUT2D eigenvalue weighted by Gasteiger charge is -2.22. The van der Waals surface area contributed by atoms with Gasteiger partial charge in [-0.05, 0) is 12.8 Å². The van der Waals surface area contributed by atoms with Crippen molar-refractivity contribution in [2.45, 2.75) is 44.4 Å². The molecule has 1 saturated carbocycles. The van der Waals surface area contributed by atoms with Crippen LogP contribution >= 0.6 is 0 Å².